The van der Waals surface area contributed by atoms with Crippen LogP contribution in [0.25, 0.3) is 0 Å². The first-order valence-electron chi connectivity index (χ1n) is 3.45. The van der Waals surface area contributed by atoms with Gasteiger partial charge in [0.15, 0.2) is 0 Å². The molecule has 4 nitrogen and oxygen atoms in total. The summed E-state index contributed by atoms with van der Waals surface area (Å²) in [5.41, 5.74) is 0. The Bertz CT molecular complexity index is 169. The molecule has 1 heterocycles. The third kappa shape index (κ3) is 1.71. The zero-order valence-corrected chi connectivity index (χ0v) is 6.19. The van der Waals surface area contributed by atoms with Crippen molar-refractivity contribution in [1.82, 2.24) is 4.90 Å². The van der Waals surface area contributed by atoms with Crippen LogP contribution in [0.2, 0.25) is 0 Å². The van der Waals surface area contributed by atoms with Crippen LogP contribution in [0.3, 0.4) is 0 Å². The number of amides is 1. The SMILES string of the molecule is C=CCN1C[C@@H](CO)OC1=O. The zero-order valence-electron chi connectivity index (χ0n) is 6.19. The molecule has 0 unspecified atom stereocenters. The van der Waals surface area contributed by atoms with Gasteiger partial charge in [-0.2, -0.15) is 0 Å². The lowest BCUT2D eigenvalue weighted by molar-refractivity contribution is 0.0949. The van der Waals surface area contributed by atoms with Gasteiger partial charge in [-0.1, -0.05) is 6.08 Å². The summed E-state index contributed by atoms with van der Waals surface area (Å²) in [5.74, 6) is 0. The Balaban J connectivity index is 2.44. The monoisotopic (exact) mass is 157 g/mol. The molecule has 4 heteroatoms. The molecule has 1 amide bonds. The van der Waals surface area contributed by atoms with Crippen LogP contribution in [0, 0.1) is 0 Å². The molecule has 1 aliphatic heterocycles. The van der Waals surface area contributed by atoms with Crippen molar-refractivity contribution < 1.29 is 14.6 Å². The summed E-state index contributed by atoms with van der Waals surface area (Å²) in [4.78, 5) is 12.4. The third-order valence-corrected chi connectivity index (χ3v) is 1.50. The van der Waals surface area contributed by atoms with E-state index in [1.807, 2.05) is 0 Å². The van der Waals surface area contributed by atoms with E-state index in [9.17, 15) is 4.79 Å². The Morgan fingerprint density at radius 2 is 2.64 bits per heavy atom. The van der Waals surface area contributed by atoms with Gasteiger partial charge in [-0.15, -0.1) is 6.58 Å². The van der Waals surface area contributed by atoms with Gasteiger partial charge < -0.3 is 14.7 Å². The first-order valence-corrected chi connectivity index (χ1v) is 3.45. The molecule has 0 aromatic heterocycles. The summed E-state index contributed by atoms with van der Waals surface area (Å²) in [6, 6.07) is 0. The normalized spacial score (nSPS) is 23.5. The van der Waals surface area contributed by atoms with Crippen LogP contribution in [-0.4, -0.2) is 41.9 Å². The van der Waals surface area contributed by atoms with Crippen molar-refractivity contribution in [3.63, 3.8) is 0 Å². The molecule has 1 rings (SSSR count). The number of carbonyl (C=O) groups is 1. The van der Waals surface area contributed by atoms with E-state index >= 15 is 0 Å². The van der Waals surface area contributed by atoms with E-state index in [0.29, 0.717) is 13.1 Å². The third-order valence-electron chi connectivity index (χ3n) is 1.50. The molecule has 0 bridgehead atoms. The van der Waals surface area contributed by atoms with Gasteiger partial charge in [0.1, 0.15) is 6.10 Å². The fourth-order valence-corrected chi connectivity index (χ4v) is 0.975. The van der Waals surface area contributed by atoms with Gasteiger partial charge in [-0.05, 0) is 0 Å². The van der Waals surface area contributed by atoms with E-state index < -0.39 is 0 Å². The summed E-state index contributed by atoms with van der Waals surface area (Å²) < 4.78 is 4.76. The van der Waals surface area contributed by atoms with Crippen molar-refractivity contribution in [2.75, 3.05) is 19.7 Å². The number of nitrogens with zero attached hydrogens (tertiary/aromatic N) is 1. The molecule has 0 saturated carbocycles. The van der Waals surface area contributed by atoms with Crippen LogP contribution in [0.15, 0.2) is 12.7 Å². The highest BCUT2D eigenvalue weighted by molar-refractivity contribution is 5.70. The zero-order chi connectivity index (χ0) is 8.27. The van der Waals surface area contributed by atoms with Gasteiger partial charge >= 0.3 is 6.09 Å². The minimum Gasteiger partial charge on any atom is -0.442 e. The molecular weight excluding hydrogens is 146 g/mol. The summed E-state index contributed by atoms with van der Waals surface area (Å²) >= 11 is 0. The van der Waals surface area contributed by atoms with Gasteiger partial charge in [-0.25, -0.2) is 4.79 Å². The molecule has 0 aliphatic carbocycles. The summed E-state index contributed by atoms with van der Waals surface area (Å²) in [6.07, 6.45) is 0.896. The van der Waals surface area contributed by atoms with Crippen molar-refractivity contribution in [3.8, 4) is 0 Å². The number of rotatable bonds is 3. The highest BCUT2D eigenvalue weighted by Crippen LogP contribution is 2.09. The first kappa shape index (κ1) is 8.07. The maximum Gasteiger partial charge on any atom is 0.410 e. The van der Waals surface area contributed by atoms with Crippen LogP contribution in [0.1, 0.15) is 0 Å². The van der Waals surface area contributed by atoms with Crippen molar-refractivity contribution in [2.45, 2.75) is 6.10 Å². The minimum absolute atomic E-state index is 0.112. The van der Waals surface area contributed by atoms with Gasteiger partial charge in [0, 0.05) is 6.54 Å². The highest BCUT2D eigenvalue weighted by Gasteiger charge is 2.29. The average Bonchev–Trinajstić information content (AvgIpc) is 2.33. The Labute approximate surface area is 65.1 Å². The lowest BCUT2D eigenvalue weighted by atomic mass is 10.4. The van der Waals surface area contributed by atoms with Gasteiger partial charge in [0.25, 0.3) is 0 Å². The molecule has 0 radical (unpaired) electrons. The van der Waals surface area contributed by atoms with E-state index in [2.05, 4.69) is 6.58 Å². The second kappa shape index (κ2) is 3.39. The van der Waals surface area contributed by atoms with Gasteiger partial charge in [-0.3, -0.25) is 0 Å². The molecule has 1 aliphatic rings. The lowest BCUT2D eigenvalue weighted by Crippen LogP contribution is -2.25. The quantitative estimate of drug-likeness (QED) is 0.586. The summed E-state index contributed by atoms with van der Waals surface area (Å²) in [5, 5.41) is 8.64. The number of carbonyl (C=O) groups excluding carboxylic acids is 1. The lowest BCUT2D eigenvalue weighted by Gasteiger charge is -2.07. The molecule has 0 spiro atoms. The summed E-state index contributed by atoms with van der Waals surface area (Å²) in [6.45, 7) is 4.33. The number of hydrogen-bond acceptors (Lipinski definition) is 3. The maximum atomic E-state index is 10.9. The van der Waals surface area contributed by atoms with Crippen LogP contribution in [0.5, 0.6) is 0 Å². The number of cyclic esters (lactones) is 1. The minimum atomic E-state index is -0.371. The van der Waals surface area contributed by atoms with E-state index in [1.165, 1.54) is 4.90 Å². The number of hydrogen-bond donors (Lipinski definition) is 1. The second-order valence-electron chi connectivity index (χ2n) is 2.38. The van der Waals surface area contributed by atoms with E-state index in [1.54, 1.807) is 6.08 Å². The van der Waals surface area contributed by atoms with Crippen molar-refractivity contribution in [1.29, 1.82) is 0 Å². The molecule has 62 valence electrons. The van der Waals surface area contributed by atoms with E-state index in [-0.39, 0.29) is 18.8 Å². The smallest absolute Gasteiger partial charge is 0.410 e. The molecular formula is C7H11NO3. The van der Waals surface area contributed by atoms with Gasteiger partial charge in [0.2, 0.25) is 0 Å². The Morgan fingerprint density at radius 1 is 1.91 bits per heavy atom. The first-order chi connectivity index (χ1) is 5.27. The molecule has 1 atom stereocenters. The fourth-order valence-electron chi connectivity index (χ4n) is 0.975. The van der Waals surface area contributed by atoms with Crippen molar-refractivity contribution >= 4 is 6.09 Å². The van der Waals surface area contributed by atoms with E-state index in [4.69, 9.17) is 9.84 Å². The predicted molar refractivity (Wildman–Crippen MR) is 39.1 cm³/mol. The van der Waals surface area contributed by atoms with Crippen molar-refractivity contribution in [3.05, 3.63) is 12.7 Å². The highest BCUT2D eigenvalue weighted by atomic mass is 16.6. The molecule has 0 aromatic rings. The number of aliphatic hydroxyl groups is 1. The Hall–Kier alpha value is -1.03. The van der Waals surface area contributed by atoms with Crippen LogP contribution in [-0.2, 0) is 4.74 Å². The van der Waals surface area contributed by atoms with Crippen LogP contribution in [0.4, 0.5) is 4.79 Å². The van der Waals surface area contributed by atoms with Crippen LogP contribution >= 0.6 is 0 Å². The Kier molecular flexibility index (Phi) is 2.48. The predicted octanol–water partition coefficient (Wildman–Crippen LogP) is -0.0145. The number of aliphatic hydroxyl groups excluding tert-OH is 1. The standard InChI is InChI=1S/C7H11NO3/c1-2-3-8-4-6(5-9)11-7(8)10/h2,6,9H,1,3-5H2/t6-/m0/s1. The molecule has 1 saturated heterocycles. The fraction of sp³-hybridized carbons (Fsp3) is 0.571. The topological polar surface area (TPSA) is 49.8 Å². The molecule has 1 fully saturated rings. The number of ether oxygens (including phenoxy) is 1. The van der Waals surface area contributed by atoms with E-state index in [0.717, 1.165) is 0 Å². The van der Waals surface area contributed by atoms with Gasteiger partial charge in [0.05, 0.1) is 13.2 Å². The summed E-state index contributed by atoms with van der Waals surface area (Å²) in [7, 11) is 0. The van der Waals surface area contributed by atoms with Crippen LogP contribution < -0.4 is 0 Å². The average molecular weight is 157 g/mol. The Morgan fingerprint density at radius 3 is 3.09 bits per heavy atom. The largest absolute Gasteiger partial charge is 0.442 e. The maximum absolute atomic E-state index is 10.9. The van der Waals surface area contributed by atoms with Crippen molar-refractivity contribution in [2.24, 2.45) is 0 Å². The molecule has 1 N–H and O–H groups in total. The molecule has 0 aromatic carbocycles. The second-order valence-corrected chi connectivity index (χ2v) is 2.38. The molecule has 11 heavy (non-hydrogen) atoms.